The third kappa shape index (κ3) is 2.86. The Balaban J connectivity index is 1.59. The predicted molar refractivity (Wildman–Crippen MR) is 101 cm³/mol. The molecule has 1 N–H and O–H groups in total. The standard InChI is InChI=1S/C17H13BrN6O2/c1-23-16-14(15(18)22-23)17(26)24(9-20-16)8-13(25)21-11-4-5-12-10(7-11)3-2-6-19-12/h2-7,9H,8H2,1H3,(H,21,25). The number of carbonyl (C=O) groups is 1. The van der Waals surface area contributed by atoms with Crippen LogP contribution in [0.15, 0.2) is 52.3 Å². The van der Waals surface area contributed by atoms with Crippen LogP contribution in [-0.2, 0) is 18.4 Å². The number of hydrogen-bond donors (Lipinski definition) is 1. The van der Waals surface area contributed by atoms with Gasteiger partial charge in [-0.15, -0.1) is 0 Å². The zero-order valence-corrected chi connectivity index (χ0v) is 15.3. The summed E-state index contributed by atoms with van der Waals surface area (Å²) in [6, 6.07) is 9.19. The maximum Gasteiger partial charge on any atom is 0.266 e. The highest BCUT2D eigenvalue weighted by molar-refractivity contribution is 9.10. The Bertz CT molecular complexity index is 1210. The Morgan fingerprint density at radius 1 is 1.27 bits per heavy atom. The molecule has 0 aliphatic carbocycles. The molecule has 130 valence electrons. The maximum absolute atomic E-state index is 12.6. The highest BCUT2D eigenvalue weighted by Crippen LogP contribution is 2.18. The van der Waals surface area contributed by atoms with Crippen LogP contribution in [0.2, 0.25) is 0 Å². The van der Waals surface area contributed by atoms with Gasteiger partial charge >= 0.3 is 0 Å². The summed E-state index contributed by atoms with van der Waals surface area (Å²) < 4.78 is 3.17. The van der Waals surface area contributed by atoms with Crippen molar-refractivity contribution in [3.63, 3.8) is 0 Å². The van der Waals surface area contributed by atoms with Crippen molar-refractivity contribution in [3.05, 3.63) is 57.8 Å². The van der Waals surface area contributed by atoms with Crippen molar-refractivity contribution < 1.29 is 4.79 Å². The van der Waals surface area contributed by atoms with Gasteiger partial charge in [0.05, 0.1) is 5.52 Å². The normalized spacial score (nSPS) is 11.2. The summed E-state index contributed by atoms with van der Waals surface area (Å²) >= 11 is 3.25. The van der Waals surface area contributed by atoms with Crippen molar-refractivity contribution in [2.45, 2.75) is 6.54 Å². The van der Waals surface area contributed by atoms with Crippen LogP contribution in [0.1, 0.15) is 0 Å². The molecule has 4 aromatic rings. The highest BCUT2D eigenvalue weighted by atomic mass is 79.9. The van der Waals surface area contributed by atoms with Crippen molar-refractivity contribution >= 4 is 49.5 Å². The minimum atomic E-state index is -0.326. The minimum absolute atomic E-state index is 0.145. The second kappa shape index (κ2) is 6.34. The van der Waals surface area contributed by atoms with Crippen LogP contribution in [0.3, 0.4) is 0 Å². The molecule has 0 aliphatic heterocycles. The number of anilines is 1. The molecule has 0 saturated carbocycles. The zero-order chi connectivity index (χ0) is 18.3. The van der Waals surface area contributed by atoms with Gasteiger partial charge in [-0.05, 0) is 40.2 Å². The second-order valence-corrected chi connectivity index (χ2v) is 6.50. The van der Waals surface area contributed by atoms with Gasteiger partial charge in [0.15, 0.2) is 5.65 Å². The summed E-state index contributed by atoms with van der Waals surface area (Å²) in [4.78, 5) is 33.4. The van der Waals surface area contributed by atoms with Gasteiger partial charge in [-0.3, -0.25) is 19.1 Å². The first-order valence-electron chi connectivity index (χ1n) is 7.75. The average molecular weight is 413 g/mol. The van der Waals surface area contributed by atoms with E-state index in [0.29, 0.717) is 21.3 Å². The lowest BCUT2D eigenvalue weighted by Gasteiger charge is -2.08. The van der Waals surface area contributed by atoms with E-state index in [9.17, 15) is 9.59 Å². The van der Waals surface area contributed by atoms with Gasteiger partial charge in [-0.25, -0.2) is 9.67 Å². The van der Waals surface area contributed by atoms with Crippen LogP contribution < -0.4 is 10.9 Å². The average Bonchev–Trinajstić information content (AvgIpc) is 2.91. The van der Waals surface area contributed by atoms with E-state index >= 15 is 0 Å². The summed E-state index contributed by atoms with van der Waals surface area (Å²) in [5, 5.41) is 8.18. The van der Waals surface area contributed by atoms with Gasteiger partial charge in [-0.1, -0.05) is 6.07 Å². The number of nitrogens with one attached hydrogen (secondary N) is 1. The van der Waals surface area contributed by atoms with Gasteiger partial charge in [0.25, 0.3) is 5.56 Å². The molecule has 1 aromatic carbocycles. The molecular formula is C17H13BrN6O2. The third-order valence-electron chi connectivity index (χ3n) is 3.97. The van der Waals surface area contributed by atoms with Crippen LogP contribution in [-0.4, -0.2) is 30.2 Å². The van der Waals surface area contributed by atoms with Crippen molar-refractivity contribution in [2.75, 3.05) is 5.32 Å². The second-order valence-electron chi connectivity index (χ2n) is 5.75. The van der Waals surface area contributed by atoms with Crippen LogP contribution >= 0.6 is 15.9 Å². The molecule has 3 heterocycles. The molecule has 3 aromatic heterocycles. The minimum Gasteiger partial charge on any atom is -0.325 e. The number of benzene rings is 1. The first-order valence-corrected chi connectivity index (χ1v) is 8.54. The van der Waals surface area contributed by atoms with Crippen LogP contribution in [0.5, 0.6) is 0 Å². The van der Waals surface area contributed by atoms with Gasteiger partial charge in [0, 0.05) is 24.3 Å². The molecule has 0 spiro atoms. The monoisotopic (exact) mass is 412 g/mol. The molecule has 9 heteroatoms. The van der Waals surface area contributed by atoms with Gasteiger partial charge in [-0.2, -0.15) is 5.10 Å². The van der Waals surface area contributed by atoms with E-state index in [2.05, 4.69) is 36.3 Å². The number of nitrogens with zero attached hydrogens (tertiary/aromatic N) is 5. The summed E-state index contributed by atoms with van der Waals surface area (Å²) in [6.07, 6.45) is 3.06. The fourth-order valence-electron chi connectivity index (χ4n) is 2.76. The molecule has 0 atom stereocenters. The molecular weight excluding hydrogens is 400 g/mol. The fourth-order valence-corrected chi connectivity index (χ4v) is 3.34. The SMILES string of the molecule is Cn1nc(Br)c2c(=O)n(CC(=O)Nc3ccc4ncccc4c3)cnc21. The zero-order valence-electron chi connectivity index (χ0n) is 13.7. The van der Waals surface area contributed by atoms with Crippen LogP contribution in [0, 0.1) is 0 Å². The predicted octanol–water partition coefficient (Wildman–Crippen LogP) is 2.08. The van der Waals surface area contributed by atoms with Crippen molar-refractivity contribution in [1.82, 2.24) is 24.3 Å². The molecule has 4 rings (SSSR count). The van der Waals surface area contributed by atoms with Gasteiger partial charge < -0.3 is 5.32 Å². The lowest BCUT2D eigenvalue weighted by atomic mass is 10.2. The number of carbonyl (C=O) groups excluding carboxylic acids is 1. The molecule has 0 radical (unpaired) electrons. The lowest BCUT2D eigenvalue weighted by Crippen LogP contribution is -2.28. The van der Waals surface area contributed by atoms with E-state index < -0.39 is 0 Å². The van der Waals surface area contributed by atoms with Crippen molar-refractivity contribution in [1.29, 1.82) is 0 Å². The van der Waals surface area contributed by atoms with E-state index in [1.807, 2.05) is 24.3 Å². The molecule has 0 saturated heterocycles. The van der Waals surface area contributed by atoms with Crippen molar-refractivity contribution in [3.8, 4) is 0 Å². The molecule has 26 heavy (non-hydrogen) atoms. The fraction of sp³-hybridized carbons (Fsp3) is 0.118. The molecule has 0 unspecified atom stereocenters. The largest absolute Gasteiger partial charge is 0.325 e. The molecule has 0 bridgehead atoms. The quantitative estimate of drug-likeness (QED) is 0.555. The Kier molecular flexibility index (Phi) is 4.00. The van der Waals surface area contributed by atoms with E-state index in [1.165, 1.54) is 15.6 Å². The first kappa shape index (κ1) is 16.4. The summed E-state index contributed by atoms with van der Waals surface area (Å²) in [6.45, 7) is -0.145. The number of hydrogen-bond acceptors (Lipinski definition) is 5. The maximum atomic E-state index is 12.6. The summed E-state index contributed by atoms with van der Waals surface area (Å²) in [5.41, 5.74) is 1.62. The highest BCUT2D eigenvalue weighted by Gasteiger charge is 2.15. The number of aryl methyl sites for hydroxylation is 1. The number of fused-ring (bicyclic) bond motifs is 2. The Hall–Kier alpha value is -3.07. The molecule has 1 amide bonds. The van der Waals surface area contributed by atoms with Crippen LogP contribution in [0.25, 0.3) is 21.9 Å². The van der Waals surface area contributed by atoms with E-state index in [4.69, 9.17) is 0 Å². The van der Waals surface area contributed by atoms with Crippen LogP contribution in [0.4, 0.5) is 5.69 Å². The third-order valence-corrected chi connectivity index (χ3v) is 4.52. The smallest absolute Gasteiger partial charge is 0.266 e. The summed E-state index contributed by atoms with van der Waals surface area (Å²) in [5.74, 6) is -0.323. The Morgan fingerprint density at radius 3 is 2.96 bits per heavy atom. The lowest BCUT2D eigenvalue weighted by molar-refractivity contribution is -0.116. The molecule has 0 aliphatic rings. The first-order chi connectivity index (χ1) is 12.5. The van der Waals surface area contributed by atoms with Crippen molar-refractivity contribution in [2.24, 2.45) is 7.05 Å². The van der Waals surface area contributed by atoms with E-state index in [1.54, 1.807) is 19.3 Å². The Morgan fingerprint density at radius 2 is 2.12 bits per heavy atom. The van der Waals surface area contributed by atoms with E-state index in [-0.39, 0.29) is 18.0 Å². The topological polar surface area (TPSA) is 94.7 Å². The molecule has 8 nitrogen and oxygen atoms in total. The molecule has 0 fully saturated rings. The van der Waals surface area contributed by atoms with Gasteiger partial charge in [0.1, 0.15) is 22.9 Å². The number of amides is 1. The van der Waals surface area contributed by atoms with E-state index in [0.717, 1.165) is 10.9 Å². The summed E-state index contributed by atoms with van der Waals surface area (Å²) in [7, 11) is 1.70. The number of rotatable bonds is 3. The number of halogens is 1. The number of pyridine rings is 1. The van der Waals surface area contributed by atoms with Gasteiger partial charge in [0.2, 0.25) is 5.91 Å². The number of aromatic nitrogens is 5. The Labute approximate surface area is 155 Å².